The van der Waals surface area contributed by atoms with Crippen molar-refractivity contribution >= 4 is 23.2 Å². The molecule has 48 heavy (non-hydrogen) atoms. The summed E-state index contributed by atoms with van der Waals surface area (Å²) < 4.78 is 53.4. The fourth-order valence-corrected chi connectivity index (χ4v) is 3.37. The summed E-state index contributed by atoms with van der Waals surface area (Å²) in [6, 6.07) is 26.8. The number of hydrogen-bond donors (Lipinski definition) is 0. The number of hydrogen-bond acceptors (Lipinski definition) is 7. The second kappa shape index (κ2) is 22.7. The first-order chi connectivity index (χ1) is 22.5. The summed E-state index contributed by atoms with van der Waals surface area (Å²) in [5.41, 5.74) is 3.10. The van der Waals surface area contributed by atoms with E-state index in [0.29, 0.717) is 11.4 Å². The smallest absolute Gasteiger partial charge is 0.356 e. The molecule has 6 aromatic rings. The second-order valence-electron chi connectivity index (χ2n) is 8.43. The normalized spacial score (nSPS) is 9.31. The zero-order valence-corrected chi connectivity index (χ0v) is 28.5. The summed E-state index contributed by atoms with van der Waals surface area (Å²) in [5, 5.41) is 19.2. The zero-order valence-electron chi connectivity index (χ0n) is 24.6. The molecule has 0 amide bonds. The fraction of sp³-hybridized carbons (Fsp3) is 0.0625. The fourth-order valence-electron chi connectivity index (χ4n) is 3.37. The van der Waals surface area contributed by atoms with Crippen molar-refractivity contribution in [2.75, 3.05) is 5.34 Å². The summed E-state index contributed by atoms with van der Waals surface area (Å²) in [5.74, 6) is -2.57. The van der Waals surface area contributed by atoms with Crippen LogP contribution in [0.25, 0.3) is 33.9 Å². The van der Waals surface area contributed by atoms with E-state index in [1.807, 2.05) is 37.5 Å². The van der Waals surface area contributed by atoms with E-state index < -0.39 is 28.4 Å². The Morgan fingerprint density at radius 3 is 1.38 bits per heavy atom. The maximum Gasteiger partial charge on any atom is 3.00 e. The summed E-state index contributed by atoms with van der Waals surface area (Å²) in [6.07, 6.45) is 6.77. The minimum Gasteiger partial charge on any atom is -0.356 e. The third-order valence-corrected chi connectivity index (χ3v) is 5.20. The molecule has 2 aromatic carbocycles. The number of aromatic nitrogens is 5. The number of pyridine rings is 3. The minimum atomic E-state index is -1.75. The van der Waals surface area contributed by atoms with Crippen molar-refractivity contribution in [1.82, 2.24) is 24.7 Å². The summed E-state index contributed by atoms with van der Waals surface area (Å²) in [6.45, 7) is 0. The van der Waals surface area contributed by atoms with Gasteiger partial charge in [0.25, 0.3) is 0 Å². The van der Waals surface area contributed by atoms with Crippen LogP contribution in [-0.2, 0) is 27.2 Å². The van der Waals surface area contributed by atoms with Gasteiger partial charge in [-0.3, -0.25) is 27.2 Å². The van der Waals surface area contributed by atoms with Crippen molar-refractivity contribution in [3.8, 4) is 33.9 Å². The van der Waals surface area contributed by atoms with Gasteiger partial charge in [-0.15, -0.1) is 47.5 Å². The van der Waals surface area contributed by atoms with Crippen LogP contribution in [0.2, 0.25) is 0 Å². The van der Waals surface area contributed by atoms with E-state index in [2.05, 4.69) is 32.2 Å². The first kappa shape index (κ1) is 41.3. The Labute approximate surface area is 296 Å². The standard InChI is InChI=1S/2C11H6F2N.C9H9N3.CH2Cl2.Ir.NO3/c2*12-8-4-5-9(10(13)7-8)11-3-1-2-6-14-11;1-12-7-5-9(11-12)8-4-2-3-6-10-8;2-1-3;;2-1(3)4/h2*1-4,6-7H;2-7H,1H3;1H2;;/q2*-1;;;+3;-1. The van der Waals surface area contributed by atoms with Gasteiger partial charge in [-0.2, -0.15) is 5.10 Å². The van der Waals surface area contributed by atoms with E-state index in [1.165, 1.54) is 0 Å². The van der Waals surface area contributed by atoms with Crippen LogP contribution in [0.4, 0.5) is 17.6 Å². The Bertz CT molecular complexity index is 1700. The molecular weight excluding hydrogens is 856 g/mol. The van der Waals surface area contributed by atoms with E-state index in [-0.39, 0.29) is 36.6 Å². The van der Waals surface area contributed by atoms with Gasteiger partial charge in [-0.1, -0.05) is 53.6 Å². The van der Waals surface area contributed by atoms with E-state index in [1.54, 1.807) is 59.7 Å². The van der Waals surface area contributed by atoms with E-state index in [0.717, 1.165) is 35.7 Å². The molecule has 0 spiro atoms. The molecule has 0 fully saturated rings. The van der Waals surface area contributed by atoms with Gasteiger partial charge in [-0.05, 0) is 41.7 Å². The molecule has 250 valence electrons. The predicted molar refractivity (Wildman–Crippen MR) is 170 cm³/mol. The predicted octanol–water partition coefficient (Wildman–Crippen LogP) is 8.32. The molecule has 0 N–H and O–H groups in total. The SMILES string of the molecule is ClCCl.Cn1ccc(-c2ccccn2)n1.Fc1c[c-]c(-c2ccccn2)c(F)c1.Fc1c[c-]c(-c2ccccn2)c(F)c1.O=[N+]([O-])[O-].[Ir+3]. The molecule has 0 saturated carbocycles. The number of rotatable bonds is 3. The van der Waals surface area contributed by atoms with Crippen molar-refractivity contribution < 1.29 is 42.8 Å². The van der Waals surface area contributed by atoms with Gasteiger partial charge in [0.15, 0.2) is 0 Å². The number of alkyl halides is 2. The average Bonchev–Trinajstić information content (AvgIpc) is 3.49. The number of halogens is 6. The van der Waals surface area contributed by atoms with Crippen LogP contribution in [0.5, 0.6) is 0 Å². The molecule has 9 nitrogen and oxygen atoms in total. The van der Waals surface area contributed by atoms with Crippen molar-refractivity contribution in [2.45, 2.75) is 0 Å². The molecule has 0 atom stereocenters. The molecule has 0 saturated heterocycles. The van der Waals surface area contributed by atoms with Gasteiger partial charge in [-0.25, -0.2) is 0 Å². The summed E-state index contributed by atoms with van der Waals surface area (Å²) in [4.78, 5) is 20.3. The average molecular weight is 879 g/mol. The molecule has 0 aliphatic heterocycles. The molecule has 6 rings (SSSR count). The monoisotopic (exact) mass is 878 g/mol. The van der Waals surface area contributed by atoms with Crippen molar-refractivity contribution in [3.63, 3.8) is 0 Å². The molecule has 0 radical (unpaired) electrons. The maximum atomic E-state index is 13.2. The number of nitrogens with zero attached hydrogens (tertiary/aromatic N) is 6. The van der Waals surface area contributed by atoms with Crippen LogP contribution < -0.4 is 0 Å². The molecular formula is C32H23Cl2F4IrN6O3. The van der Waals surface area contributed by atoms with Gasteiger partial charge < -0.3 is 25.3 Å². The van der Waals surface area contributed by atoms with Crippen LogP contribution in [0, 0.1) is 50.7 Å². The van der Waals surface area contributed by atoms with E-state index >= 15 is 0 Å². The minimum absolute atomic E-state index is 0. The third kappa shape index (κ3) is 15.2. The number of aryl methyl sites for hydroxylation is 1. The van der Waals surface area contributed by atoms with Gasteiger partial charge >= 0.3 is 20.1 Å². The molecule has 0 aliphatic rings. The van der Waals surface area contributed by atoms with Crippen LogP contribution in [0.15, 0.2) is 110 Å². The summed E-state index contributed by atoms with van der Waals surface area (Å²) in [7, 11) is 1.90. The van der Waals surface area contributed by atoms with Crippen molar-refractivity contribution in [3.05, 3.63) is 160 Å². The third-order valence-electron chi connectivity index (χ3n) is 5.20. The van der Waals surface area contributed by atoms with Crippen LogP contribution in [0.1, 0.15) is 0 Å². The first-order valence-electron chi connectivity index (χ1n) is 13.0. The maximum absolute atomic E-state index is 13.2. The van der Waals surface area contributed by atoms with Gasteiger partial charge in [0.2, 0.25) is 0 Å². The molecule has 0 bridgehead atoms. The molecule has 4 heterocycles. The Kier molecular flexibility index (Phi) is 19.5. The first-order valence-corrected chi connectivity index (χ1v) is 14.0. The van der Waals surface area contributed by atoms with Crippen LogP contribution >= 0.6 is 23.2 Å². The Hall–Kier alpha value is -4.75. The Morgan fingerprint density at radius 2 is 1.08 bits per heavy atom. The molecule has 0 unspecified atom stereocenters. The Balaban J connectivity index is 0.000000325. The van der Waals surface area contributed by atoms with E-state index in [4.69, 9.17) is 38.5 Å². The molecule has 0 aliphatic carbocycles. The summed E-state index contributed by atoms with van der Waals surface area (Å²) >= 11 is 9.53. The van der Waals surface area contributed by atoms with Crippen LogP contribution in [-0.4, -0.2) is 35.2 Å². The van der Waals surface area contributed by atoms with Crippen LogP contribution in [0.3, 0.4) is 0 Å². The topological polar surface area (TPSA) is 123 Å². The van der Waals surface area contributed by atoms with Gasteiger partial charge in [0.1, 0.15) is 5.69 Å². The van der Waals surface area contributed by atoms with Gasteiger partial charge in [0, 0.05) is 55.1 Å². The molecule has 16 heteroatoms. The second-order valence-corrected chi connectivity index (χ2v) is 9.23. The quantitative estimate of drug-likeness (QED) is 0.0577. The largest absolute Gasteiger partial charge is 3.00 e. The zero-order chi connectivity index (χ0) is 34.6. The van der Waals surface area contributed by atoms with Gasteiger partial charge in [0.05, 0.1) is 16.1 Å². The van der Waals surface area contributed by atoms with Crippen molar-refractivity contribution in [1.29, 1.82) is 0 Å². The van der Waals surface area contributed by atoms with E-state index in [9.17, 15) is 17.6 Å². The number of benzene rings is 2. The Morgan fingerprint density at radius 1 is 0.708 bits per heavy atom. The molecule has 4 aromatic heterocycles. The van der Waals surface area contributed by atoms with Crippen molar-refractivity contribution in [2.24, 2.45) is 7.05 Å².